The predicted molar refractivity (Wildman–Crippen MR) is 96.1 cm³/mol. The number of rotatable bonds is 6. The summed E-state index contributed by atoms with van der Waals surface area (Å²) in [4.78, 5) is 47.8. The van der Waals surface area contributed by atoms with Crippen LogP contribution in [-0.4, -0.2) is 38.1 Å². The molecule has 2 N–H and O–H groups in total. The fourth-order valence-electron chi connectivity index (χ4n) is 2.59. The highest BCUT2D eigenvalue weighted by Crippen LogP contribution is 2.15. The largest absolute Gasteiger partial charge is 0.356 e. The SMILES string of the molecule is CCCN(Cc1nc2ccsc2c(=O)[nH]1)C(=O)c1cc(C(C)=O)c[nH]1. The molecule has 3 rings (SSSR count). The number of hydrogen-bond donors (Lipinski definition) is 2. The van der Waals surface area contributed by atoms with E-state index in [2.05, 4.69) is 15.0 Å². The molecule has 130 valence electrons. The zero-order valence-corrected chi connectivity index (χ0v) is 14.8. The molecule has 0 aliphatic rings. The first-order chi connectivity index (χ1) is 12.0. The molecular formula is C17H18N4O3S. The van der Waals surface area contributed by atoms with E-state index in [0.29, 0.717) is 33.8 Å². The molecular weight excluding hydrogens is 340 g/mol. The average molecular weight is 358 g/mol. The van der Waals surface area contributed by atoms with E-state index in [4.69, 9.17) is 0 Å². The summed E-state index contributed by atoms with van der Waals surface area (Å²) < 4.78 is 0.576. The van der Waals surface area contributed by atoms with Crippen molar-refractivity contribution in [3.8, 4) is 0 Å². The molecule has 1 amide bonds. The van der Waals surface area contributed by atoms with Crippen molar-refractivity contribution in [1.29, 1.82) is 0 Å². The molecule has 0 aliphatic heterocycles. The molecule has 8 heteroatoms. The lowest BCUT2D eigenvalue weighted by atomic mass is 10.2. The van der Waals surface area contributed by atoms with Gasteiger partial charge >= 0.3 is 0 Å². The maximum absolute atomic E-state index is 12.7. The van der Waals surface area contributed by atoms with Gasteiger partial charge in [0.1, 0.15) is 16.2 Å². The number of thiophene rings is 1. The minimum atomic E-state index is -0.234. The van der Waals surface area contributed by atoms with Crippen LogP contribution in [0.1, 0.15) is 46.9 Å². The number of Topliss-reactive ketones (excluding diaryl/α,β-unsaturated/α-hetero) is 1. The third-order valence-electron chi connectivity index (χ3n) is 3.81. The van der Waals surface area contributed by atoms with Crippen molar-refractivity contribution in [3.05, 3.63) is 51.1 Å². The van der Waals surface area contributed by atoms with E-state index in [9.17, 15) is 14.4 Å². The van der Waals surface area contributed by atoms with Gasteiger partial charge in [0.2, 0.25) is 0 Å². The van der Waals surface area contributed by atoms with Gasteiger partial charge in [0.05, 0.1) is 12.1 Å². The van der Waals surface area contributed by atoms with Gasteiger partial charge in [-0.05, 0) is 30.9 Å². The second kappa shape index (κ2) is 7.02. The quantitative estimate of drug-likeness (QED) is 0.662. The van der Waals surface area contributed by atoms with Crippen LogP contribution in [0.25, 0.3) is 10.2 Å². The highest BCUT2D eigenvalue weighted by atomic mass is 32.1. The van der Waals surface area contributed by atoms with Crippen LogP contribution < -0.4 is 5.56 Å². The van der Waals surface area contributed by atoms with Gasteiger partial charge in [-0.3, -0.25) is 14.4 Å². The molecule has 0 spiro atoms. The summed E-state index contributed by atoms with van der Waals surface area (Å²) in [5.74, 6) is 0.102. The molecule has 0 radical (unpaired) electrons. The highest BCUT2D eigenvalue weighted by molar-refractivity contribution is 7.17. The van der Waals surface area contributed by atoms with Crippen LogP contribution in [0.5, 0.6) is 0 Å². The van der Waals surface area contributed by atoms with Gasteiger partial charge in [0, 0.05) is 18.3 Å². The Morgan fingerprint density at radius 2 is 2.16 bits per heavy atom. The molecule has 0 aromatic carbocycles. The van der Waals surface area contributed by atoms with Gasteiger partial charge in [0.15, 0.2) is 5.78 Å². The molecule has 0 saturated carbocycles. The molecule has 0 unspecified atom stereocenters. The molecule has 0 atom stereocenters. The van der Waals surface area contributed by atoms with E-state index in [1.807, 2.05) is 12.3 Å². The molecule has 3 heterocycles. The first kappa shape index (κ1) is 17.1. The van der Waals surface area contributed by atoms with Gasteiger partial charge in [-0.25, -0.2) is 4.98 Å². The van der Waals surface area contributed by atoms with Crippen molar-refractivity contribution in [3.63, 3.8) is 0 Å². The monoisotopic (exact) mass is 358 g/mol. The number of amides is 1. The zero-order chi connectivity index (χ0) is 18.0. The number of aromatic amines is 2. The molecule has 0 aliphatic carbocycles. The lowest BCUT2D eigenvalue weighted by molar-refractivity contribution is 0.0733. The van der Waals surface area contributed by atoms with Crippen molar-refractivity contribution in [2.75, 3.05) is 6.54 Å². The number of ketones is 1. The number of H-pyrrole nitrogens is 2. The second-order valence-corrected chi connectivity index (χ2v) is 6.65. The molecule has 0 bridgehead atoms. The molecule has 0 saturated heterocycles. The zero-order valence-electron chi connectivity index (χ0n) is 14.0. The van der Waals surface area contributed by atoms with Crippen molar-refractivity contribution in [1.82, 2.24) is 19.9 Å². The van der Waals surface area contributed by atoms with Gasteiger partial charge in [0.25, 0.3) is 11.5 Å². The Bertz CT molecular complexity index is 985. The Labute approximate surface area is 147 Å². The minimum absolute atomic E-state index is 0.105. The molecule has 25 heavy (non-hydrogen) atoms. The molecule has 3 aromatic heterocycles. The molecule has 3 aromatic rings. The number of carbonyl (C=O) groups excluding carboxylic acids is 2. The maximum Gasteiger partial charge on any atom is 0.270 e. The Hall–Kier alpha value is -2.74. The lowest BCUT2D eigenvalue weighted by Crippen LogP contribution is -2.33. The molecule has 0 fully saturated rings. The van der Waals surface area contributed by atoms with Crippen LogP contribution in [0, 0.1) is 0 Å². The third kappa shape index (κ3) is 3.53. The summed E-state index contributed by atoms with van der Waals surface area (Å²) in [5, 5.41) is 1.81. The number of carbonyl (C=O) groups is 2. The van der Waals surface area contributed by atoms with Crippen LogP contribution in [0.15, 0.2) is 28.5 Å². The standard InChI is InChI=1S/C17H18N4O3S/c1-3-5-21(17(24)13-7-11(8-18-13)10(2)22)9-14-19-12-4-6-25-15(12)16(23)20-14/h4,6-8,18H,3,5,9H2,1-2H3,(H,19,20,23). The van der Waals surface area contributed by atoms with Gasteiger partial charge in [-0.1, -0.05) is 6.92 Å². The maximum atomic E-state index is 12.7. The number of aromatic nitrogens is 3. The number of nitrogens with one attached hydrogen (secondary N) is 2. The van der Waals surface area contributed by atoms with Crippen molar-refractivity contribution >= 4 is 33.2 Å². The van der Waals surface area contributed by atoms with Crippen LogP contribution >= 0.6 is 11.3 Å². The summed E-state index contributed by atoms with van der Waals surface area (Å²) >= 11 is 1.34. The van der Waals surface area contributed by atoms with Crippen molar-refractivity contribution in [2.24, 2.45) is 0 Å². The van der Waals surface area contributed by atoms with Gasteiger partial charge in [-0.15, -0.1) is 11.3 Å². The van der Waals surface area contributed by atoms with Gasteiger partial charge in [-0.2, -0.15) is 0 Å². The normalized spacial score (nSPS) is 11.0. The fraction of sp³-hybridized carbons (Fsp3) is 0.294. The van der Waals surface area contributed by atoms with Crippen LogP contribution in [0.4, 0.5) is 0 Å². The predicted octanol–water partition coefficient (Wildman–Crippen LogP) is 2.57. The Kier molecular flexibility index (Phi) is 4.80. The number of hydrogen-bond acceptors (Lipinski definition) is 5. The molecule has 7 nitrogen and oxygen atoms in total. The van der Waals surface area contributed by atoms with E-state index in [1.54, 1.807) is 17.0 Å². The van der Waals surface area contributed by atoms with Crippen LogP contribution in [-0.2, 0) is 6.54 Å². The van der Waals surface area contributed by atoms with Crippen LogP contribution in [0.2, 0.25) is 0 Å². The minimum Gasteiger partial charge on any atom is -0.356 e. The van der Waals surface area contributed by atoms with E-state index >= 15 is 0 Å². The third-order valence-corrected chi connectivity index (χ3v) is 4.71. The number of fused-ring (bicyclic) bond motifs is 1. The van der Waals surface area contributed by atoms with Gasteiger partial charge < -0.3 is 14.9 Å². The summed E-state index contributed by atoms with van der Waals surface area (Å²) in [5.41, 5.74) is 1.24. The van der Waals surface area contributed by atoms with E-state index < -0.39 is 0 Å². The van der Waals surface area contributed by atoms with Crippen LogP contribution in [0.3, 0.4) is 0 Å². The van der Waals surface area contributed by atoms with Crippen molar-refractivity contribution in [2.45, 2.75) is 26.8 Å². The Morgan fingerprint density at radius 1 is 1.36 bits per heavy atom. The topological polar surface area (TPSA) is 98.9 Å². The van der Waals surface area contributed by atoms with Crippen molar-refractivity contribution < 1.29 is 9.59 Å². The first-order valence-electron chi connectivity index (χ1n) is 7.94. The average Bonchev–Trinajstić information content (AvgIpc) is 3.23. The lowest BCUT2D eigenvalue weighted by Gasteiger charge is -2.20. The summed E-state index contributed by atoms with van der Waals surface area (Å²) in [7, 11) is 0. The Morgan fingerprint density at radius 3 is 2.84 bits per heavy atom. The number of nitrogens with zero attached hydrogens (tertiary/aromatic N) is 2. The Balaban J connectivity index is 1.87. The van der Waals surface area contributed by atoms with E-state index in [-0.39, 0.29) is 23.8 Å². The summed E-state index contributed by atoms with van der Waals surface area (Å²) in [6.45, 7) is 4.13. The van der Waals surface area contributed by atoms with E-state index in [1.165, 1.54) is 24.5 Å². The van der Waals surface area contributed by atoms with E-state index in [0.717, 1.165) is 6.42 Å². The second-order valence-electron chi connectivity index (χ2n) is 5.73. The highest BCUT2D eigenvalue weighted by Gasteiger charge is 2.19. The summed E-state index contributed by atoms with van der Waals surface area (Å²) in [6, 6.07) is 3.33. The first-order valence-corrected chi connectivity index (χ1v) is 8.82. The summed E-state index contributed by atoms with van der Waals surface area (Å²) in [6.07, 6.45) is 2.29. The fourth-order valence-corrected chi connectivity index (χ4v) is 3.32. The smallest absolute Gasteiger partial charge is 0.270 e.